The lowest BCUT2D eigenvalue weighted by molar-refractivity contribution is 0.263. The van der Waals surface area contributed by atoms with Crippen molar-refractivity contribution in [2.75, 3.05) is 32.6 Å². The fourth-order valence-electron chi connectivity index (χ4n) is 2.25. The van der Waals surface area contributed by atoms with Crippen LogP contribution in [0.25, 0.3) is 0 Å². The molecule has 18 heavy (non-hydrogen) atoms. The van der Waals surface area contributed by atoms with Gasteiger partial charge in [-0.15, -0.1) is 0 Å². The van der Waals surface area contributed by atoms with Crippen molar-refractivity contribution in [3.05, 3.63) is 21.6 Å². The average Bonchev–Trinajstić information content (AvgIpc) is 2.32. The zero-order valence-corrected chi connectivity index (χ0v) is 13.0. The van der Waals surface area contributed by atoms with Crippen molar-refractivity contribution in [2.45, 2.75) is 18.9 Å². The van der Waals surface area contributed by atoms with Crippen LogP contribution in [0, 0.1) is 0 Å². The highest BCUT2D eigenvalue weighted by atomic mass is 79.9. The Morgan fingerprint density at radius 3 is 2.67 bits per heavy atom. The number of anilines is 1. The minimum atomic E-state index is 0.487. The summed E-state index contributed by atoms with van der Waals surface area (Å²) < 4.78 is 6.30. The number of halogens is 2. The van der Waals surface area contributed by atoms with Crippen LogP contribution in [0.5, 0.6) is 5.75 Å². The standard InChI is InChI=1S/C13H18BrClN2O/c1-17-5-3-10(4-6-17)16-12-8-9(15)7-11(14)13(12)18-2/h7-8,10,16H,3-6H2,1-2H3. The third-order valence-electron chi connectivity index (χ3n) is 3.29. The van der Waals surface area contributed by atoms with Gasteiger partial charge < -0.3 is 15.0 Å². The molecule has 0 radical (unpaired) electrons. The Morgan fingerprint density at radius 2 is 2.06 bits per heavy atom. The SMILES string of the molecule is COc1c(Br)cc(Cl)cc1NC1CCN(C)CC1. The molecule has 0 aliphatic carbocycles. The smallest absolute Gasteiger partial charge is 0.156 e. The summed E-state index contributed by atoms with van der Waals surface area (Å²) in [6.45, 7) is 2.25. The molecule has 1 N–H and O–H groups in total. The summed E-state index contributed by atoms with van der Waals surface area (Å²) in [7, 11) is 3.83. The number of rotatable bonds is 3. The van der Waals surface area contributed by atoms with Crippen molar-refractivity contribution in [3.8, 4) is 5.75 Å². The average molecular weight is 334 g/mol. The zero-order valence-electron chi connectivity index (χ0n) is 10.7. The molecule has 5 heteroatoms. The van der Waals surface area contributed by atoms with E-state index in [1.807, 2.05) is 12.1 Å². The van der Waals surface area contributed by atoms with E-state index in [0.717, 1.165) is 41.8 Å². The van der Waals surface area contributed by atoms with Gasteiger partial charge in [0.15, 0.2) is 5.75 Å². The number of nitrogens with one attached hydrogen (secondary N) is 1. The first-order valence-corrected chi connectivity index (χ1v) is 7.25. The van der Waals surface area contributed by atoms with Crippen molar-refractivity contribution in [2.24, 2.45) is 0 Å². The van der Waals surface area contributed by atoms with E-state index >= 15 is 0 Å². The molecule has 1 aliphatic heterocycles. The summed E-state index contributed by atoms with van der Waals surface area (Å²) in [5.74, 6) is 0.818. The molecule has 1 aliphatic rings. The van der Waals surface area contributed by atoms with E-state index in [4.69, 9.17) is 16.3 Å². The molecule has 1 aromatic carbocycles. The fraction of sp³-hybridized carbons (Fsp3) is 0.538. The second-order valence-corrected chi connectivity index (χ2v) is 5.98. The second-order valence-electron chi connectivity index (χ2n) is 4.69. The molecule has 0 unspecified atom stereocenters. The second kappa shape index (κ2) is 6.13. The minimum Gasteiger partial charge on any atom is -0.493 e. The Bertz CT molecular complexity index is 420. The lowest BCUT2D eigenvalue weighted by Crippen LogP contribution is -2.36. The maximum Gasteiger partial charge on any atom is 0.156 e. The number of ether oxygens (including phenoxy) is 1. The molecule has 100 valence electrons. The van der Waals surface area contributed by atoms with Crippen LogP contribution in [-0.2, 0) is 0 Å². The third-order valence-corrected chi connectivity index (χ3v) is 4.10. The first-order chi connectivity index (χ1) is 8.60. The number of hydrogen-bond acceptors (Lipinski definition) is 3. The summed E-state index contributed by atoms with van der Waals surface area (Å²) in [4.78, 5) is 2.35. The van der Waals surface area contributed by atoms with Crippen LogP contribution in [0.3, 0.4) is 0 Å². The van der Waals surface area contributed by atoms with E-state index in [2.05, 4.69) is 33.2 Å². The van der Waals surface area contributed by atoms with Crippen molar-refractivity contribution < 1.29 is 4.74 Å². The van der Waals surface area contributed by atoms with E-state index in [-0.39, 0.29) is 0 Å². The molecule has 0 bridgehead atoms. The quantitative estimate of drug-likeness (QED) is 0.914. The molecular weight excluding hydrogens is 316 g/mol. The van der Waals surface area contributed by atoms with Gasteiger partial charge in [0.05, 0.1) is 17.3 Å². The highest BCUT2D eigenvalue weighted by molar-refractivity contribution is 9.10. The number of hydrogen-bond donors (Lipinski definition) is 1. The molecule has 1 fully saturated rings. The molecule has 2 rings (SSSR count). The van der Waals surface area contributed by atoms with Crippen LogP contribution in [0.4, 0.5) is 5.69 Å². The molecule has 1 aromatic rings. The number of methoxy groups -OCH3 is 1. The van der Waals surface area contributed by atoms with Crippen molar-refractivity contribution >= 4 is 33.2 Å². The zero-order chi connectivity index (χ0) is 13.1. The van der Waals surface area contributed by atoms with Gasteiger partial charge >= 0.3 is 0 Å². The van der Waals surface area contributed by atoms with Crippen molar-refractivity contribution in [1.82, 2.24) is 4.90 Å². The van der Waals surface area contributed by atoms with E-state index in [1.54, 1.807) is 7.11 Å². The Hall–Kier alpha value is -0.450. The molecule has 0 saturated carbocycles. The van der Waals surface area contributed by atoms with Gasteiger partial charge in [-0.1, -0.05) is 11.6 Å². The predicted octanol–water partition coefficient (Wildman–Crippen LogP) is 3.62. The number of likely N-dealkylation sites (tertiary alicyclic amines) is 1. The predicted molar refractivity (Wildman–Crippen MR) is 79.8 cm³/mol. The first kappa shape index (κ1) is 14.0. The summed E-state index contributed by atoms with van der Waals surface area (Å²) >= 11 is 9.56. The molecule has 0 atom stereocenters. The van der Waals surface area contributed by atoms with Crippen LogP contribution in [0.1, 0.15) is 12.8 Å². The monoisotopic (exact) mass is 332 g/mol. The summed E-state index contributed by atoms with van der Waals surface area (Å²) in [5.41, 5.74) is 0.964. The minimum absolute atomic E-state index is 0.487. The molecule has 1 heterocycles. The molecule has 0 aromatic heterocycles. The molecule has 1 saturated heterocycles. The van der Waals surface area contributed by atoms with Gasteiger partial charge in [-0.25, -0.2) is 0 Å². The number of benzene rings is 1. The maximum absolute atomic E-state index is 6.09. The van der Waals surface area contributed by atoms with Gasteiger partial charge in [0, 0.05) is 11.1 Å². The normalized spacial score (nSPS) is 17.8. The van der Waals surface area contributed by atoms with E-state index in [0.29, 0.717) is 11.1 Å². The largest absolute Gasteiger partial charge is 0.493 e. The van der Waals surface area contributed by atoms with E-state index < -0.39 is 0 Å². The maximum atomic E-state index is 6.09. The van der Waals surface area contributed by atoms with E-state index in [9.17, 15) is 0 Å². The van der Waals surface area contributed by atoms with E-state index in [1.165, 1.54) is 0 Å². The Balaban J connectivity index is 2.13. The Kier molecular flexibility index (Phi) is 4.76. The summed E-state index contributed by atoms with van der Waals surface area (Å²) in [6, 6.07) is 4.25. The van der Waals surface area contributed by atoms with Crippen LogP contribution < -0.4 is 10.1 Å². The number of piperidine rings is 1. The van der Waals surface area contributed by atoms with Crippen LogP contribution >= 0.6 is 27.5 Å². The third kappa shape index (κ3) is 3.31. The summed E-state index contributed by atoms with van der Waals surface area (Å²) in [6.07, 6.45) is 2.29. The number of nitrogens with zero attached hydrogens (tertiary/aromatic N) is 1. The lowest BCUT2D eigenvalue weighted by atomic mass is 10.1. The fourth-order valence-corrected chi connectivity index (χ4v) is 3.22. The van der Waals surface area contributed by atoms with Gasteiger partial charge in [0.25, 0.3) is 0 Å². The molecule has 3 nitrogen and oxygen atoms in total. The van der Waals surface area contributed by atoms with Gasteiger partial charge in [0.1, 0.15) is 0 Å². The molecular formula is C13H18BrClN2O. The highest BCUT2D eigenvalue weighted by Crippen LogP contribution is 2.37. The highest BCUT2D eigenvalue weighted by Gasteiger charge is 2.18. The van der Waals surface area contributed by atoms with Gasteiger partial charge in [-0.05, 0) is 61.0 Å². The van der Waals surface area contributed by atoms with Gasteiger partial charge in [-0.3, -0.25) is 0 Å². The van der Waals surface area contributed by atoms with Crippen LogP contribution in [-0.4, -0.2) is 38.2 Å². The topological polar surface area (TPSA) is 24.5 Å². The molecule has 0 spiro atoms. The molecule has 0 amide bonds. The Labute approximate surface area is 122 Å². The Morgan fingerprint density at radius 1 is 1.39 bits per heavy atom. The van der Waals surface area contributed by atoms with Crippen LogP contribution in [0.15, 0.2) is 16.6 Å². The summed E-state index contributed by atoms with van der Waals surface area (Å²) in [5, 5.41) is 4.24. The van der Waals surface area contributed by atoms with Crippen molar-refractivity contribution in [3.63, 3.8) is 0 Å². The van der Waals surface area contributed by atoms with Crippen LogP contribution in [0.2, 0.25) is 5.02 Å². The lowest BCUT2D eigenvalue weighted by Gasteiger charge is -2.30. The van der Waals surface area contributed by atoms with Crippen molar-refractivity contribution in [1.29, 1.82) is 0 Å². The van der Waals surface area contributed by atoms with Gasteiger partial charge in [0.2, 0.25) is 0 Å². The van der Waals surface area contributed by atoms with Gasteiger partial charge in [-0.2, -0.15) is 0 Å². The first-order valence-electron chi connectivity index (χ1n) is 6.08.